The highest BCUT2D eigenvalue weighted by Crippen LogP contribution is 2.20. The first-order valence-corrected chi connectivity index (χ1v) is 8.82. The molecule has 6 heteroatoms. The van der Waals surface area contributed by atoms with Crippen LogP contribution in [0.1, 0.15) is 30.2 Å². The van der Waals surface area contributed by atoms with Crippen LogP contribution in [0.2, 0.25) is 0 Å². The van der Waals surface area contributed by atoms with Gasteiger partial charge in [0.2, 0.25) is 0 Å². The summed E-state index contributed by atoms with van der Waals surface area (Å²) in [7, 11) is 1.95. The number of hydrogen-bond acceptors (Lipinski definition) is 3. The molecule has 2 amide bonds. The summed E-state index contributed by atoms with van der Waals surface area (Å²) in [5.74, 6) is -1.49. The molecule has 3 aromatic rings. The maximum Gasteiger partial charge on any atom is 0.309 e. The number of carbonyl (C=O) groups excluding carboxylic acids is 2. The van der Waals surface area contributed by atoms with Crippen LogP contribution in [0.4, 0.5) is 0 Å². The molecule has 2 atom stereocenters. The third-order valence-corrected chi connectivity index (χ3v) is 4.60. The number of carbonyl (C=O) groups is 2. The number of aromatic nitrogens is 1. The second-order valence-electron chi connectivity index (χ2n) is 6.58. The number of benzene rings is 2. The molecule has 0 saturated heterocycles. The van der Waals surface area contributed by atoms with Crippen molar-refractivity contribution in [2.45, 2.75) is 19.1 Å². The maximum atomic E-state index is 12.0. The largest absolute Gasteiger partial charge is 0.387 e. The number of aryl methyl sites for hydroxylation is 1. The van der Waals surface area contributed by atoms with Gasteiger partial charge in [-0.25, -0.2) is 0 Å². The lowest BCUT2D eigenvalue weighted by Crippen LogP contribution is -2.42. The van der Waals surface area contributed by atoms with Crippen molar-refractivity contribution in [3.8, 4) is 0 Å². The van der Waals surface area contributed by atoms with E-state index in [1.165, 1.54) is 0 Å². The van der Waals surface area contributed by atoms with Gasteiger partial charge in [-0.05, 0) is 41.6 Å². The third kappa shape index (κ3) is 4.35. The first-order valence-electron chi connectivity index (χ1n) is 8.82. The van der Waals surface area contributed by atoms with Crippen LogP contribution in [-0.4, -0.2) is 28.0 Å². The molecule has 6 nitrogen and oxygen atoms in total. The lowest BCUT2D eigenvalue weighted by atomic mass is 10.1. The minimum atomic E-state index is -0.891. The Labute approximate surface area is 157 Å². The lowest BCUT2D eigenvalue weighted by molar-refractivity contribution is -0.139. The van der Waals surface area contributed by atoms with Crippen molar-refractivity contribution in [1.82, 2.24) is 15.2 Å². The Kier molecular flexibility index (Phi) is 5.57. The molecule has 0 unspecified atom stereocenters. The number of fused-ring (bicyclic) bond motifs is 1. The first-order chi connectivity index (χ1) is 13.0. The van der Waals surface area contributed by atoms with E-state index in [4.69, 9.17) is 0 Å². The van der Waals surface area contributed by atoms with Gasteiger partial charge in [-0.15, -0.1) is 0 Å². The van der Waals surface area contributed by atoms with E-state index in [2.05, 4.69) is 10.6 Å². The molecule has 0 fully saturated rings. The molecule has 0 spiro atoms. The Morgan fingerprint density at radius 1 is 1.04 bits per heavy atom. The summed E-state index contributed by atoms with van der Waals surface area (Å²) in [4.78, 5) is 24.1. The second-order valence-corrected chi connectivity index (χ2v) is 6.58. The number of nitrogens with one attached hydrogen (secondary N) is 2. The number of hydrogen-bond donors (Lipinski definition) is 3. The Balaban J connectivity index is 1.54. The van der Waals surface area contributed by atoms with E-state index in [0.717, 1.165) is 16.5 Å². The van der Waals surface area contributed by atoms with Crippen molar-refractivity contribution >= 4 is 22.7 Å². The summed E-state index contributed by atoms with van der Waals surface area (Å²) in [6, 6.07) is 16.7. The number of rotatable bonds is 5. The average Bonchev–Trinajstić information content (AvgIpc) is 3.06. The average molecular weight is 365 g/mol. The molecule has 3 rings (SSSR count). The van der Waals surface area contributed by atoms with Gasteiger partial charge < -0.3 is 20.3 Å². The number of amides is 2. The molecule has 3 N–H and O–H groups in total. The van der Waals surface area contributed by atoms with Crippen molar-refractivity contribution in [2.75, 3.05) is 6.54 Å². The molecule has 0 bridgehead atoms. The molecule has 1 heterocycles. The van der Waals surface area contributed by atoms with E-state index in [1.807, 2.05) is 79.3 Å². The van der Waals surface area contributed by atoms with Crippen LogP contribution < -0.4 is 10.6 Å². The van der Waals surface area contributed by atoms with Gasteiger partial charge in [0, 0.05) is 25.3 Å². The van der Waals surface area contributed by atoms with E-state index in [-0.39, 0.29) is 12.6 Å². The highest BCUT2D eigenvalue weighted by Gasteiger charge is 2.18. The molecule has 0 aliphatic carbocycles. The summed E-state index contributed by atoms with van der Waals surface area (Å²) in [6.45, 7) is 1.77. The molecule has 140 valence electrons. The zero-order valence-electron chi connectivity index (χ0n) is 15.3. The van der Waals surface area contributed by atoms with Gasteiger partial charge in [0.05, 0.1) is 12.1 Å². The second kappa shape index (κ2) is 8.05. The minimum Gasteiger partial charge on any atom is -0.387 e. The molecule has 0 saturated carbocycles. The Hall–Kier alpha value is -3.12. The van der Waals surface area contributed by atoms with Gasteiger partial charge >= 0.3 is 11.8 Å². The Bertz CT molecular complexity index is 950. The van der Waals surface area contributed by atoms with Crippen LogP contribution in [0.15, 0.2) is 60.8 Å². The zero-order chi connectivity index (χ0) is 19.4. The molecule has 0 aliphatic rings. The summed E-state index contributed by atoms with van der Waals surface area (Å²) in [6.07, 6.45) is 1.05. The highest BCUT2D eigenvalue weighted by atomic mass is 16.3. The number of nitrogens with zero attached hydrogens (tertiary/aromatic N) is 1. The summed E-state index contributed by atoms with van der Waals surface area (Å²) >= 11 is 0. The maximum absolute atomic E-state index is 12.0. The molecule has 0 aliphatic heterocycles. The van der Waals surface area contributed by atoms with Gasteiger partial charge in [-0.1, -0.05) is 36.4 Å². The van der Waals surface area contributed by atoms with Crippen molar-refractivity contribution in [3.63, 3.8) is 0 Å². The first kappa shape index (κ1) is 18.7. The van der Waals surface area contributed by atoms with Gasteiger partial charge in [0.15, 0.2) is 0 Å². The predicted molar refractivity (Wildman–Crippen MR) is 104 cm³/mol. The van der Waals surface area contributed by atoms with Crippen molar-refractivity contribution in [2.24, 2.45) is 7.05 Å². The van der Waals surface area contributed by atoms with E-state index in [9.17, 15) is 14.7 Å². The quantitative estimate of drug-likeness (QED) is 0.606. The molecule has 27 heavy (non-hydrogen) atoms. The molecular formula is C21H23N3O3. The van der Waals surface area contributed by atoms with E-state index in [0.29, 0.717) is 5.56 Å². The summed E-state index contributed by atoms with van der Waals surface area (Å²) in [5.41, 5.74) is 2.66. The normalized spacial score (nSPS) is 13.1. The fourth-order valence-electron chi connectivity index (χ4n) is 2.98. The Morgan fingerprint density at radius 3 is 2.52 bits per heavy atom. The predicted octanol–water partition coefficient (Wildman–Crippen LogP) is 2.21. The Morgan fingerprint density at radius 2 is 1.78 bits per heavy atom. The van der Waals surface area contributed by atoms with Gasteiger partial charge in [-0.3, -0.25) is 9.59 Å². The van der Waals surface area contributed by atoms with Crippen LogP contribution in [0, 0.1) is 0 Å². The SMILES string of the molecule is C[C@@H](NC(=O)C(=O)NC[C@H](O)c1ccc2c(ccn2C)c1)c1ccccc1. The van der Waals surface area contributed by atoms with E-state index < -0.39 is 17.9 Å². The molecular weight excluding hydrogens is 342 g/mol. The third-order valence-electron chi connectivity index (χ3n) is 4.60. The molecule has 1 aromatic heterocycles. The van der Waals surface area contributed by atoms with Crippen LogP contribution in [0.25, 0.3) is 10.9 Å². The zero-order valence-corrected chi connectivity index (χ0v) is 15.3. The van der Waals surface area contributed by atoms with Crippen molar-refractivity contribution in [1.29, 1.82) is 0 Å². The number of aliphatic hydroxyl groups is 1. The van der Waals surface area contributed by atoms with E-state index in [1.54, 1.807) is 0 Å². The van der Waals surface area contributed by atoms with Gasteiger partial charge in [-0.2, -0.15) is 0 Å². The van der Waals surface area contributed by atoms with Crippen LogP contribution >= 0.6 is 0 Å². The highest BCUT2D eigenvalue weighted by molar-refractivity contribution is 6.35. The molecule has 0 radical (unpaired) electrons. The van der Waals surface area contributed by atoms with Crippen molar-refractivity contribution in [3.05, 3.63) is 71.9 Å². The summed E-state index contributed by atoms with van der Waals surface area (Å²) in [5, 5.41) is 16.5. The summed E-state index contributed by atoms with van der Waals surface area (Å²) < 4.78 is 1.99. The minimum absolute atomic E-state index is 0.0374. The van der Waals surface area contributed by atoms with Crippen LogP contribution in [0.5, 0.6) is 0 Å². The topological polar surface area (TPSA) is 83.4 Å². The van der Waals surface area contributed by atoms with E-state index >= 15 is 0 Å². The fraction of sp³-hybridized carbons (Fsp3) is 0.238. The van der Waals surface area contributed by atoms with Crippen molar-refractivity contribution < 1.29 is 14.7 Å². The number of aliphatic hydroxyl groups excluding tert-OH is 1. The van der Waals surface area contributed by atoms with Crippen LogP contribution in [-0.2, 0) is 16.6 Å². The van der Waals surface area contributed by atoms with Gasteiger partial charge in [0.1, 0.15) is 0 Å². The fourth-order valence-corrected chi connectivity index (χ4v) is 2.98. The molecule has 2 aromatic carbocycles. The smallest absolute Gasteiger partial charge is 0.309 e. The monoisotopic (exact) mass is 365 g/mol. The lowest BCUT2D eigenvalue weighted by Gasteiger charge is -2.15. The van der Waals surface area contributed by atoms with Crippen LogP contribution in [0.3, 0.4) is 0 Å². The van der Waals surface area contributed by atoms with Gasteiger partial charge in [0.25, 0.3) is 0 Å². The standard InChI is InChI=1S/C21H23N3O3/c1-14(15-6-4-3-5-7-15)23-21(27)20(26)22-13-19(25)17-8-9-18-16(12-17)10-11-24(18)2/h3-12,14,19,25H,13H2,1-2H3,(H,22,26)(H,23,27)/t14-,19+/m1/s1.